The predicted octanol–water partition coefficient (Wildman–Crippen LogP) is 1.65. The third-order valence-corrected chi connectivity index (χ3v) is 2.55. The van der Waals surface area contributed by atoms with Crippen molar-refractivity contribution < 1.29 is 9.53 Å². The summed E-state index contributed by atoms with van der Waals surface area (Å²) in [7, 11) is 2.06. The molecule has 0 aliphatic rings. The Bertz CT molecular complexity index is 327. The van der Waals surface area contributed by atoms with E-state index in [-0.39, 0.29) is 0 Å². The van der Waals surface area contributed by atoms with Gasteiger partial charge in [0.15, 0.2) is 0 Å². The zero-order valence-corrected chi connectivity index (χ0v) is 10.3. The number of nitrogens with two attached hydrogens (primary N) is 1. The summed E-state index contributed by atoms with van der Waals surface area (Å²) in [5.41, 5.74) is 6.21. The fraction of sp³-hybridized carbons (Fsp3) is 0.462. The number of hydrogen-bond donors (Lipinski definition) is 1. The normalized spacial score (nSPS) is 10.5. The number of ether oxygens (including phenoxy) is 1. The molecule has 0 bridgehead atoms. The Morgan fingerprint density at radius 3 is 2.65 bits per heavy atom. The average molecular weight is 236 g/mol. The first-order valence-electron chi connectivity index (χ1n) is 5.83. The maximum absolute atomic E-state index is 10.3. The zero-order chi connectivity index (χ0) is 12.5. The standard InChI is InChI=1S/C13H20N2O2/c1-15(9-5-11-17-13(14)16)10-8-12-6-3-2-4-7-12/h2-4,6-7H,5,8-11H2,1H3,(H2,14,16). The van der Waals surface area contributed by atoms with E-state index < -0.39 is 6.09 Å². The predicted molar refractivity (Wildman–Crippen MR) is 67.8 cm³/mol. The summed E-state index contributed by atoms with van der Waals surface area (Å²) in [5.74, 6) is 0. The van der Waals surface area contributed by atoms with Gasteiger partial charge >= 0.3 is 6.09 Å². The smallest absolute Gasteiger partial charge is 0.404 e. The van der Waals surface area contributed by atoms with E-state index in [0.29, 0.717) is 6.61 Å². The average Bonchev–Trinajstić information content (AvgIpc) is 2.33. The van der Waals surface area contributed by atoms with E-state index in [0.717, 1.165) is 25.9 Å². The van der Waals surface area contributed by atoms with Crippen molar-refractivity contribution in [1.82, 2.24) is 4.90 Å². The molecule has 4 heteroatoms. The minimum atomic E-state index is -0.697. The third-order valence-electron chi connectivity index (χ3n) is 2.55. The maximum atomic E-state index is 10.3. The Morgan fingerprint density at radius 2 is 2.00 bits per heavy atom. The molecular formula is C13H20N2O2. The maximum Gasteiger partial charge on any atom is 0.404 e. The van der Waals surface area contributed by atoms with Gasteiger partial charge < -0.3 is 15.4 Å². The molecule has 0 atom stereocenters. The first-order chi connectivity index (χ1) is 8.18. The first kappa shape index (κ1) is 13.5. The minimum Gasteiger partial charge on any atom is -0.450 e. The number of carbonyl (C=O) groups excluding carboxylic acids is 1. The van der Waals surface area contributed by atoms with E-state index in [2.05, 4.69) is 40.9 Å². The van der Waals surface area contributed by atoms with Gasteiger partial charge in [-0.2, -0.15) is 0 Å². The number of carbonyl (C=O) groups is 1. The molecule has 1 amide bonds. The van der Waals surface area contributed by atoms with Crippen LogP contribution in [0.5, 0.6) is 0 Å². The van der Waals surface area contributed by atoms with Gasteiger partial charge in [0, 0.05) is 13.1 Å². The van der Waals surface area contributed by atoms with E-state index >= 15 is 0 Å². The fourth-order valence-corrected chi connectivity index (χ4v) is 1.58. The van der Waals surface area contributed by atoms with Crippen LogP contribution in [0, 0.1) is 0 Å². The number of benzene rings is 1. The van der Waals surface area contributed by atoms with Crippen molar-refractivity contribution in [2.24, 2.45) is 5.73 Å². The summed E-state index contributed by atoms with van der Waals surface area (Å²) in [4.78, 5) is 12.6. The molecule has 0 aromatic heterocycles. The number of likely N-dealkylation sites (N-methyl/N-ethyl adjacent to an activating group) is 1. The SMILES string of the molecule is CN(CCCOC(N)=O)CCc1ccccc1. The van der Waals surface area contributed by atoms with Crippen LogP contribution in [0.3, 0.4) is 0 Å². The van der Waals surface area contributed by atoms with E-state index in [4.69, 9.17) is 5.73 Å². The van der Waals surface area contributed by atoms with Crippen LogP contribution in [-0.4, -0.2) is 37.7 Å². The quantitative estimate of drug-likeness (QED) is 0.732. The van der Waals surface area contributed by atoms with Gasteiger partial charge in [-0.05, 0) is 25.5 Å². The van der Waals surface area contributed by atoms with Crippen LogP contribution < -0.4 is 5.73 Å². The summed E-state index contributed by atoms with van der Waals surface area (Å²) >= 11 is 0. The highest BCUT2D eigenvalue weighted by Crippen LogP contribution is 2.00. The molecule has 0 radical (unpaired) electrons. The number of primary amides is 1. The number of nitrogens with zero attached hydrogens (tertiary/aromatic N) is 1. The van der Waals surface area contributed by atoms with Gasteiger partial charge in [0.25, 0.3) is 0 Å². The van der Waals surface area contributed by atoms with Crippen LogP contribution in [-0.2, 0) is 11.2 Å². The van der Waals surface area contributed by atoms with Crippen molar-refractivity contribution in [1.29, 1.82) is 0 Å². The second-order valence-electron chi connectivity index (χ2n) is 4.06. The van der Waals surface area contributed by atoms with Gasteiger partial charge in [0.2, 0.25) is 0 Å². The Hall–Kier alpha value is -1.55. The largest absolute Gasteiger partial charge is 0.450 e. The highest BCUT2D eigenvalue weighted by molar-refractivity contribution is 5.64. The van der Waals surface area contributed by atoms with Crippen LogP contribution in [0.1, 0.15) is 12.0 Å². The van der Waals surface area contributed by atoms with Gasteiger partial charge in [0.1, 0.15) is 0 Å². The lowest BCUT2D eigenvalue weighted by atomic mass is 10.1. The van der Waals surface area contributed by atoms with Crippen LogP contribution >= 0.6 is 0 Å². The molecule has 0 saturated heterocycles. The van der Waals surface area contributed by atoms with Gasteiger partial charge in [-0.1, -0.05) is 30.3 Å². The monoisotopic (exact) mass is 236 g/mol. The lowest BCUT2D eigenvalue weighted by Gasteiger charge is -2.16. The van der Waals surface area contributed by atoms with Crippen LogP contribution in [0.25, 0.3) is 0 Å². The molecule has 17 heavy (non-hydrogen) atoms. The Kier molecular flexibility index (Phi) is 6.10. The molecule has 1 rings (SSSR count). The summed E-state index contributed by atoms with van der Waals surface area (Å²) in [6.07, 6.45) is 1.15. The van der Waals surface area contributed by atoms with Gasteiger partial charge in [0.05, 0.1) is 6.61 Å². The molecule has 0 fully saturated rings. The van der Waals surface area contributed by atoms with E-state index in [9.17, 15) is 4.79 Å². The van der Waals surface area contributed by atoms with Crippen molar-refractivity contribution in [3.05, 3.63) is 35.9 Å². The van der Waals surface area contributed by atoms with Crippen molar-refractivity contribution in [2.75, 3.05) is 26.7 Å². The second-order valence-corrected chi connectivity index (χ2v) is 4.06. The Morgan fingerprint density at radius 1 is 1.29 bits per heavy atom. The van der Waals surface area contributed by atoms with Gasteiger partial charge in [-0.25, -0.2) is 4.79 Å². The van der Waals surface area contributed by atoms with Gasteiger partial charge in [-0.15, -0.1) is 0 Å². The summed E-state index contributed by atoms with van der Waals surface area (Å²) in [5, 5.41) is 0. The van der Waals surface area contributed by atoms with Crippen molar-refractivity contribution in [2.45, 2.75) is 12.8 Å². The summed E-state index contributed by atoms with van der Waals surface area (Å²) in [6.45, 7) is 2.30. The van der Waals surface area contributed by atoms with Crippen LogP contribution in [0.15, 0.2) is 30.3 Å². The third kappa shape index (κ3) is 6.58. The highest BCUT2D eigenvalue weighted by Gasteiger charge is 2.00. The van der Waals surface area contributed by atoms with Crippen LogP contribution in [0.4, 0.5) is 4.79 Å². The molecule has 0 unspecified atom stereocenters. The lowest BCUT2D eigenvalue weighted by molar-refractivity contribution is 0.150. The first-order valence-corrected chi connectivity index (χ1v) is 5.83. The molecule has 1 aromatic carbocycles. The molecule has 0 aliphatic heterocycles. The molecule has 0 spiro atoms. The second kappa shape index (κ2) is 7.68. The van der Waals surface area contributed by atoms with Crippen molar-refractivity contribution in [3.63, 3.8) is 0 Å². The molecule has 0 heterocycles. The number of amides is 1. The number of rotatable bonds is 7. The van der Waals surface area contributed by atoms with E-state index in [1.54, 1.807) is 0 Å². The molecule has 1 aromatic rings. The molecule has 2 N–H and O–H groups in total. The molecule has 0 aliphatic carbocycles. The topological polar surface area (TPSA) is 55.6 Å². The Balaban J connectivity index is 2.09. The molecule has 0 saturated carbocycles. The lowest BCUT2D eigenvalue weighted by Crippen LogP contribution is -2.24. The minimum absolute atomic E-state index is 0.394. The van der Waals surface area contributed by atoms with Crippen molar-refractivity contribution in [3.8, 4) is 0 Å². The Labute approximate surface area is 102 Å². The number of hydrogen-bond acceptors (Lipinski definition) is 3. The van der Waals surface area contributed by atoms with Gasteiger partial charge in [-0.3, -0.25) is 0 Å². The zero-order valence-electron chi connectivity index (χ0n) is 10.3. The van der Waals surface area contributed by atoms with Crippen LogP contribution in [0.2, 0.25) is 0 Å². The molecule has 4 nitrogen and oxygen atoms in total. The fourth-order valence-electron chi connectivity index (χ4n) is 1.58. The molecular weight excluding hydrogens is 216 g/mol. The van der Waals surface area contributed by atoms with E-state index in [1.165, 1.54) is 5.56 Å². The highest BCUT2D eigenvalue weighted by atomic mass is 16.5. The molecule has 94 valence electrons. The van der Waals surface area contributed by atoms with E-state index in [1.807, 2.05) is 6.07 Å². The summed E-state index contributed by atoms with van der Waals surface area (Å²) in [6, 6.07) is 10.4. The van der Waals surface area contributed by atoms with Crippen molar-refractivity contribution >= 4 is 6.09 Å². The summed E-state index contributed by atoms with van der Waals surface area (Å²) < 4.78 is 4.67.